The van der Waals surface area contributed by atoms with E-state index in [4.69, 9.17) is 21.1 Å². The van der Waals surface area contributed by atoms with E-state index in [1.807, 2.05) is 0 Å². The van der Waals surface area contributed by atoms with Crippen molar-refractivity contribution in [2.45, 2.75) is 49.0 Å². The monoisotopic (exact) mass is 496 g/mol. The summed E-state index contributed by atoms with van der Waals surface area (Å²) in [6.07, 6.45) is 6.86. The summed E-state index contributed by atoms with van der Waals surface area (Å²) >= 11 is 6.15. The van der Waals surface area contributed by atoms with Gasteiger partial charge in [-0.25, -0.2) is 13.2 Å². The molecule has 180 valence electrons. The summed E-state index contributed by atoms with van der Waals surface area (Å²) in [5.41, 5.74) is -0.119. The van der Waals surface area contributed by atoms with Crippen LogP contribution in [0.4, 0.5) is 0 Å². The predicted octanol–water partition coefficient (Wildman–Crippen LogP) is 2.60. The minimum Gasteiger partial charge on any atom is -0.452 e. The van der Waals surface area contributed by atoms with Crippen LogP contribution in [0.2, 0.25) is 5.02 Å². The number of nitrogens with one attached hydrogen (secondary N) is 1. The first-order valence-electron chi connectivity index (χ1n) is 11.6. The quantitative estimate of drug-likeness (QED) is 0.607. The third-order valence-corrected chi connectivity index (χ3v) is 9.91. The van der Waals surface area contributed by atoms with Crippen LogP contribution in [0.15, 0.2) is 23.1 Å². The van der Waals surface area contributed by atoms with E-state index in [-0.39, 0.29) is 40.0 Å². The van der Waals surface area contributed by atoms with Gasteiger partial charge in [0.1, 0.15) is 4.90 Å². The zero-order valence-electron chi connectivity index (χ0n) is 18.4. The Morgan fingerprint density at radius 2 is 1.70 bits per heavy atom. The molecule has 0 atom stereocenters. The van der Waals surface area contributed by atoms with Gasteiger partial charge in [-0.15, -0.1) is 0 Å². The Kier molecular flexibility index (Phi) is 6.18. The molecule has 4 bridgehead atoms. The van der Waals surface area contributed by atoms with E-state index in [1.165, 1.54) is 41.8 Å². The number of rotatable bonds is 6. The first kappa shape index (κ1) is 23.1. The van der Waals surface area contributed by atoms with E-state index in [0.29, 0.717) is 31.0 Å². The molecule has 33 heavy (non-hydrogen) atoms. The fourth-order valence-electron chi connectivity index (χ4n) is 6.56. The number of amides is 1. The van der Waals surface area contributed by atoms with E-state index in [1.54, 1.807) is 0 Å². The highest BCUT2D eigenvalue weighted by molar-refractivity contribution is 7.89. The first-order valence-corrected chi connectivity index (χ1v) is 13.4. The molecule has 1 aromatic rings. The lowest BCUT2D eigenvalue weighted by molar-refractivity contribution is -0.130. The van der Waals surface area contributed by atoms with Crippen molar-refractivity contribution < 1.29 is 27.5 Å². The maximum Gasteiger partial charge on any atom is 0.338 e. The molecule has 5 fully saturated rings. The molecule has 10 heteroatoms. The van der Waals surface area contributed by atoms with Gasteiger partial charge >= 0.3 is 5.97 Å². The van der Waals surface area contributed by atoms with Gasteiger partial charge in [-0.05, 0) is 74.5 Å². The van der Waals surface area contributed by atoms with E-state index in [2.05, 4.69) is 5.32 Å². The molecule has 0 aromatic heterocycles. The maximum atomic E-state index is 13.0. The average Bonchev–Trinajstić information content (AvgIpc) is 2.77. The van der Waals surface area contributed by atoms with Crippen LogP contribution in [-0.2, 0) is 24.3 Å². The lowest BCUT2D eigenvalue weighted by atomic mass is 9.53. The highest BCUT2D eigenvalue weighted by Crippen LogP contribution is 2.55. The second kappa shape index (κ2) is 8.83. The zero-order chi connectivity index (χ0) is 23.2. The van der Waals surface area contributed by atoms with Gasteiger partial charge in [-0.2, -0.15) is 4.31 Å². The fraction of sp³-hybridized carbons (Fsp3) is 0.652. The molecule has 1 N–H and O–H groups in total. The van der Waals surface area contributed by atoms with Crippen LogP contribution < -0.4 is 5.32 Å². The normalized spacial score (nSPS) is 31.4. The summed E-state index contributed by atoms with van der Waals surface area (Å²) in [4.78, 5) is 25.1. The van der Waals surface area contributed by atoms with E-state index in [9.17, 15) is 18.0 Å². The second-order valence-corrected chi connectivity index (χ2v) is 12.3. The van der Waals surface area contributed by atoms with Gasteiger partial charge in [0.15, 0.2) is 6.61 Å². The summed E-state index contributed by atoms with van der Waals surface area (Å²) < 4.78 is 37.7. The molecule has 0 unspecified atom stereocenters. The van der Waals surface area contributed by atoms with Crippen LogP contribution in [-0.4, -0.2) is 63.0 Å². The minimum atomic E-state index is -3.88. The van der Waals surface area contributed by atoms with Crippen LogP contribution in [0.1, 0.15) is 48.9 Å². The second-order valence-electron chi connectivity index (χ2n) is 9.98. The molecule has 4 saturated carbocycles. The van der Waals surface area contributed by atoms with Gasteiger partial charge in [-0.1, -0.05) is 11.6 Å². The van der Waals surface area contributed by atoms with Crippen molar-refractivity contribution in [2.75, 3.05) is 32.9 Å². The summed E-state index contributed by atoms with van der Waals surface area (Å²) in [6, 6.07) is 3.98. The minimum absolute atomic E-state index is 0.0256. The Balaban J connectivity index is 1.22. The SMILES string of the molecule is O=C(COC(=O)c1ccc(Cl)c(S(=O)(=O)N2CCOCC2)c1)NC12CC3CC(CC(C3)C1)C2. The molecule has 1 saturated heterocycles. The Morgan fingerprint density at radius 3 is 2.30 bits per heavy atom. The van der Waals surface area contributed by atoms with Crippen molar-refractivity contribution in [3.8, 4) is 0 Å². The summed E-state index contributed by atoms with van der Waals surface area (Å²) in [7, 11) is -3.88. The number of hydrogen-bond donors (Lipinski definition) is 1. The fourth-order valence-corrected chi connectivity index (χ4v) is 8.47. The Hall–Kier alpha value is -1.68. The number of esters is 1. The van der Waals surface area contributed by atoms with Crippen LogP contribution in [0.5, 0.6) is 0 Å². The van der Waals surface area contributed by atoms with Gasteiger partial charge in [-0.3, -0.25) is 4.79 Å². The molecule has 8 nitrogen and oxygen atoms in total. The van der Waals surface area contributed by atoms with Gasteiger partial charge in [0.2, 0.25) is 10.0 Å². The van der Waals surface area contributed by atoms with Crippen molar-refractivity contribution in [2.24, 2.45) is 17.8 Å². The van der Waals surface area contributed by atoms with Gasteiger partial charge < -0.3 is 14.8 Å². The van der Waals surface area contributed by atoms with E-state index in [0.717, 1.165) is 19.3 Å². The van der Waals surface area contributed by atoms with Crippen molar-refractivity contribution in [3.05, 3.63) is 28.8 Å². The molecular weight excluding hydrogens is 468 g/mol. The number of carbonyl (C=O) groups excluding carboxylic acids is 2. The topological polar surface area (TPSA) is 102 Å². The third kappa shape index (κ3) is 4.65. The largest absolute Gasteiger partial charge is 0.452 e. The molecule has 1 heterocycles. The molecule has 0 spiro atoms. The maximum absolute atomic E-state index is 13.0. The average molecular weight is 497 g/mol. The molecule has 1 aliphatic heterocycles. The standard InChI is InChI=1S/C23H29ClN2O6S/c24-19-2-1-18(10-20(19)33(29,30)26-3-5-31-6-4-26)22(28)32-14-21(27)25-23-11-15-7-16(12-23)9-17(8-15)13-23/h1-2,10,15-17H,3-9,11-14H2,(H,25,27). The van der Waals surface area contributed by atoms with E-state index < -0.39 is 22.6 Å². The van der Waals surface area contributed by atoms with Crippen molar-refractivity contribution in [3.63, 3.8) is 0 Å². The number of carbonyl (C=O) groups is 2. The molecular formula is C23H29ClN2O6S. The zero-order valence-corrected chi connectivity index (χ0v) is 20.0. The van der Waals surface area contributed by atoms with Crippen LogP contribution in [0.25, 0.3) is 0 Å². The van der Waals surface area contributed by atoms with Gasteiger partial charge in [0, 0.05) is 18.6 Å². The third-order valence-electron chi connectivity index (χ3n) is 7.53. The van der Waals surface area contributed by atoms with Crippen LogP contribution in [0, 0.1) is 17.8 Å². The van der Waals surface area contributed by atoms with E-state index >= 15 is 0 Å². The van der Waals surface area contributed by atoms with Gasteiger partial charge in [0.05, 0.1) is 23.8 Å². The Bertz CT molecular complexity index is 1020. The molecule has 1 aromatic carbocycles. The molecule has 0 radical (unpaired) electrons. The first-order chi connectivity index (χ1) is 15.7. The summed E-state index contributed by atoms with van der Waals surface area (Å²) in [5.74, 6) is 1.02. The molecule has 4 aliphatic carbocycles. The smallest absolute Gasteiger partial charge is 0.338 e. The molecule has 5 aliphatic rings. The number of hydrogen-bond acceptors (Lipinski definition) is 6. The van der Waals surface area contributed by atoms with Crippen LogP contribution in [0.3, 0.4) is 0 Å². The lowest BCUT2D eigenvalue weighted by Gasteiger charge is -2.56. The van der Waals surface area contributed by atoms with Crippen molar-refractivity contribution in [1.82, 2.24) is 9.62 Å². The van der Waals surface area contributed by atoms with Crippen LogP contribution >= 0.6 is 11.6 Å². The number of morpholine rings is 1. The summed E-state index contributed by atoms with van der Waals surface area (Å²) in [5, 5.41) is 3.19. The highest BCUT2D eigenvalue weighted by atomic mass is 35.5. The Labute approximate surface area is 199 Å². The Morgan fingerprint density at radius 1 is 1.09 bits per heavy atom. The van der Waals surface area contributed by atoms with Crippen molar-refractivity contribution >= 4 is 33.5 Å². The highest BCUT2D eigenvalue weighted by Gasteiger charge is 2.51. The number of ether oxygens (including phenoxy) is 2. The number of nitrogens with zero attached hydrogens (tertiary/aromatic N) is 1. The number of halogens is 1. The lowest BCUT2D eigenvalue weighted by Crippen LogP contribution is -2.60. The molecule has 6 rings (SSSR count). The molecule has 1 amide bonds. The number of sulfonamides is 1. The predicted molar refractivity (Wildman–Crippen MR) is 120 cm³/mol. The van der Waals surface area contributed by atoms with Gasteiger partial charge in [0.25, 0.3) is 5.91 Å². The van der Waals surface area contributed by atoms with Crippen molar-refractivity contribution in [1.29, 1.82) is 0 Å². The summed E-state index contributed by atoms with van der Waals surface area (Å²) in [6.45, 7) is 0.652. The number of benzene rings is 1.